The maximum atomic E-state index is 13.6. The second kappa shape index (κ2) is 10.8. The van der Waals surface area contributed by atoms with Crippen molar-refractivity contribution in [1.82, 2.24) is 24.8 Å². The lowest BCUT2D eigenvalue weighted by Gasteiger charge is -2.39. The number of aromatic amines is 1. The third-order valence-electron chi connectivity index (χ3n) is 6.44. The largest absolute Gasteiger partial charge is 0.378 e. The third kappa shape index (κ3) is 5.35. The van der Waals surface area contributed by atoms with Crippen molar-refractivity contribution >= 4 is 11.9 Å². The number of benzene rings is 1. The fraction of sp³-hybridized carbons (Fsp3) is 0.423. The molecule has 1 atom stereocenters. The number of halogens is 1. The molecule has 1 amide bonds. The van der Waals surface area contributed by atoms with Crippen molar-refractivity contribution in [3.8, 4) is 28.7 Å². The molecule has 1 unspecified atom stereocenters. The van der Waals surface area contributed by atoms with E-state index < -0.39 is 17.7 Å². The van der Waals surface area contributed by atoms with E-state index >= 15 is 0 Å². The fourth-order valence-electron chi connectivity index (χ4n) is 4.34. The van der Waals surface area contributed by atoms with Crippen LogP contribution in [-0.2, 0) is 19.0 Å². The number of imidazole rings is 1. The van der Waals surface area contributed by atoms with Gasteiger partial charge in [-0.1, -0.05) is 0 Å². The van der Waals surface area contributed by atoms with E-state index in [1.807, 2.05) is 6.92 Å². The van der Waals surface area contributed by atoms with Crippen LogP contribution in [0, 0.1) is 22.6 Å². The highest BCUT2D eigenvalue weighted by atomic mass is 19.1. The first-order valence-electron chi connectivity index (χ1n) is 12.3. The quantitative estimate of drug-likeness (QED) is 0.501. The van der Waals surface area contributed by atoms with Crippen LogP contribution in [-0.4, -0.2) is 76.3 Å². The Labute approximate surface area is 219 Å². The Hall–Kier alpha value is -3.92. The van der Waals surface area contributed by atoms with E-state index in [1.54, 1.807) is 36.2 Å². The molecule has 1 aromatic carbocycles. The standard InChI is InChI=1S/C26H28FN7O4/c1-16(13-28)30-25-29-8-7-19(31-25)21-20(17-3-5-18(27)6-4-17)32-22(33-21)23-37-14-26(2,15-38-23)24(35)34-9-11-36-12-10-34/h3-8,16,23H,9-12,14-15H2,1-2H3,(H,32,33)(H,29,30,31). The predicted octanol–water partition coefficient (Wildman–Crippen LogP) is 2.91. The maximum absolute atomic E-state index is 13.6. The van der Waals surface area contributed by atoms with Gasteiger partial charge in [0.15, 0.2) is 5.82 Å². The van der Waals surface area contributed by atoms with Crippen molar-refractivity contribution in [1.29, 1.82) is 5.26 Å². The minimum Gasteiger partial charge on any atom is -0.378 e. The molecule has 2 aromatic heterocycles. The average molecular weight is 522 g/mol. The van der Waals surface area contributed by atoms with E-state index in [2.05, 4.69) is 26.3 Å². The van der Waals surface area contributed by atoms with Gasteiger partial charge in [0.2, 0.25) is 18.1 Å². The Kier molecular flexibility index (Phi) is 7.33. The number of nitrogens with zero attached hydrogens (tertiary/aromatic N) is 5. The molecule has 2 aliphatic heterocycles. The molecular formula is C26H28FN7O4. The summed E-state index contributed by atoms with van der Waals surface area (Å²) in [6.07, 6.45) is 0.728. The van der Waals surface area contributed by atoms with Gasteiger partial charge in [0.25, 0.3) is 0 Å². The summed E-state index contributed by atoms with van der Waals surface area (Å²) in [5.74, 6) is 0.270. The highest BCUT2D eigenvalue weighted by molar-refractivity contribution is 5.83. The molecule has 198 valence electrons. The van der Waals surface area contributed by atoms with Crippen LogP contribution in [0.15, 0.2) is 36.5 Å². The summed E-state index contributed by atoms with van der Waals surface area (Å²) >= 11 is 0. The Balaban J connectivity index is 1.42. The number of aromatic nitrogens is 4. The summed E-state index contributed by atoms with van der Waals surface area (Å²) in [5, 5.41) is 12.0. The molecule has 2 N–H and O–H groups in total. The zero-order chi connectivity index (χ0) is 26.7. The lowest BCUT2D eigenvalue weighted by atomic mass is 9.90. The van der Waals surface area contributed by atoms with Gasteiger partial charge in [-0.05, 0) is 44.2 Å². The van der Waals surface area contributed by atoms with E-state index in [4.69, 9.17) is 24.5 Å². The van der Waals surface area contributed by atoms with Gasteiger partial charge in [-0.15, -0.1) is 0 Å². The topological polar surface area (TPSA) is 138 Å². The van der Waals surface area contributed by atoms with Crippen LogP contribution in [0.2, 0.25) is 0 Å². The number of nitriles is 1. The van der Waals surface area contributed by atoms with Gasteiger partial charge >= 0.3 is 0 Å². The summed E-state index contributed by atoms with van der Waals surface area (Å²) in [6, 6.07) is 9.25. The van der Waals surface area contributed by atoms with Crippen molar-refractivity contribution in [2.24, 2.45) is 5.41 Å². The van der Waals surface area contributed by atoms with Crippen molar-refractivity contribution in [3.63, 3.8) is 0 Å². The van der Waals surface area contributed by atoms with Crippen molar-refractivity contribution in [2.75, 3.05) is 44.8 Å². The van der Waals surface area contributed by atoms with Gasteiger partial charge in [0.1, 0.15) is 11.9 Å². The molecule has 0 aliphatic carbocycles. The predicted molar refractivity (Wildman–Crippen MR) is 134 cm³/mol. The molecule has 2 saturated heterocycles. The average Bonchev–Trinajstić information content (AvgIpc) is 3.39. The molecule has 4 heterocycles. The molecule has 12 heteroatoms. The number of hydrogen-bond donors (Lipinski definition) is 2. The molecule has 0 spiro atoms. The number of carbonyl (C=O) groups excluding carboxylic acids is 1. The number of ether oxygens (including phenoxy) is 3. The Morgan fingerprint density at radius 2 is 1.92 bits per heavy atom. The molecule has 2 aliphatic rings. The van der Waals surface area contributed by atoms with Crippen LogP contribution in [0.5, 0.6) is 0 Å². The monoisotopic (exact) mass is 521 g/mol. The summed E-state index contributed by atoms with van der Waals surface area (Å²) in [4.78, 5) is 31.6. The van der Waals surface area contributed by atoms with E-state index in [1.165, 1.54) is 12.1 Å². The lowest BCUT2D eigenvalue weighted by molar-refractivity contribution is -0.235. The molecule has 11 nitrogen and oxygen atoms in total. The van der Waals surface area contributed by atoms with Gasteiger partial charge in [0.05, 0.1) is 55.0 Å². The van der Waals surface area contributed by atoms with Gasteiger partial charge in [-0.2, -0.15) is 5.26 Å². The van der Waals surface area contributed by atoms with Gasteiger partial charge in [-0.3, -0.25) is 4.79 Å². The molecule has 0 saturated carbocycles. The number of H-pyrrole nitrogens is 1. The number of anilines is 1. The first-order valence-corrected chi connectivity index (χ1v) is 12.3. The molecule has 0 bridgehead atoms. The molecule has 2 fully saturated rings. The summed E-state index contributed by atoms with van der Waals surface area (Å²) in [6.45, 7) is 5.96. The van der Waals surface area contributed by atoms with Crippen LogP contribution in [0.1, 0.15) is 26.0 Å². The molecule has 5 rings (SSSR count). The van der Waals surface area contributed by atoms with Gasteiger partial charge in [0, 0.05) is 24.8 Å². The number of rotatable bonds is 6. The first-order chi connectivity index (χ1) is 18.4. The van der Waals surface area contributed by atoms with Crippen LogP contribution < -0.4 is 5.32 Å². The van der Waals surface area contributed by atoms with Crippen LogP contribution in [0.4, 0.5) is 10.3 Å². The van der Waals surface area contributed by atoms with Crippen LogP contribution in [0.25, 0.3) is 22.6 Å². The smallest absolute Gasteiger partial charge is 0.233 e. The van der Waals surface area contributed by atoms with Crippen LogP contribution >= 0.6 is 0 Å². The number of morpholine rings is 1. The Bertz CT molecular complexity index is 1330. The van der Waals surface area contributed by atoms with E-state index in [0.29, 0.717) is 54.8 Å². The van der Waals surface area contributed by atoms with Gasteiger partial charge in [-0.25, -0.2) is 19.3 Å². The number of nitrogens with one attached hydrogen (secondary N) is 2. The number of amides is 1. The zero-order valence-electron chi connectivity index (χ0n) is 21.1. The second-order valence-corrected chi connectivity index (χ2v) is 9.53. The first kappa shape index (κ1) is 25.7. The summed E-state index contributed by atoms with van der Waals surface area (Å²) in [5.41, 5.74) is 1.40. The van der Waals surface area contributed by atoms with Crippen molar-refractivity contribution < 1.29 is 23.4 Å². The molecule has 3 aromatic rings. The summed E-state index contributed by atoms with van der Waals surface area (Å²) < 4.78 is 31.0. The second-order valence-electron chi connectivity index (χ2n) is 9.53. The molecular weight excluding hydrogens is 493 g/mol. The number of carbonyl (C=O) groups is 1. The zero-order valence-corrected chi connectivity index (χ0v) is 21.1. The normalized spacial score (nSPS) is 22.5. The number of hydrogen-bond acceptors (Lipinski definition) is 9. The van der Waals surface area contributed by atoms with E-state index in [9.17, 15) is 9.18 Å². The Morgan fingerprint density at radius 1 is 1.21 bits per heavy atom. The fourth-order valence-corrected chi connectivity index (χ4v) is 4.34. The highest BCUT2D eigenvalue weighted by Gasteiger charge is 2.43. The van der Waals surface area contributed by atoms with Crippen molar-refractivity contribution in [3.05, 3.63) is 48.2 Å². The minimum absolute atomic E-state index is 0.0287. The maximum Gasteiger partial charge on any atom is 0.233 e. The van der Waals surface area contributed by atoms with Gasteiger partial charge < -0.3 is 29.4 Å². The van der Waals surface area contributed by atoms with Crippen molar-refractivity contribution in [2.45, 2.75) is 26.2 Å². The highest BCUT2D eigenvalue weighted by Crippen LogP contribution is 2.36. The SMILES string of the molecule is CC(C#N)Nc1nccc(-c2[nH]c(C3OCC(C)(C(=O)N4CCOCC4)CO3)nc2-c2ccc(F)cc2)n1. The third-order valence-corrected chi connectivity index (χ3v) is 6.44. The van der Waals surface area contributed by atoms with Crippen LogP contribution in [0.3, 0.4) is 0 Å². The lowest BCUT2D eigenvalue weighted by Crippen LogP contribution is -2.53. The minimum atomic E-state index is -0.841. The molecule has 38 heavy (non-hydrogen) atoms. The van der Waals surface area contributed by atoms with E-state index in [-0.39, 0.29) is 30.9 Å². The van der Waals surface area contributed by atoms with E-state index in [0.717, 1.165) is 0 Å². The molecule has 0 radical (unpaired) electrons. The Morgan fingerprint density at radius 3 is 2.61 bits per heavy atom. The summed E-state index contributed by atoms with van der Waals surface area (Å²) in [7, 11) is 0.